The molecule has 1 fully saturated rings. The lowest BCUT2D eigenvalue weighted by atomic mass is 9.98. The van der Waals surface area contributed by atoms with Crippen LogP contribution in [0.5, 0.6) is 5.88 Å². The van der Waals surface area contributed by atoms with E-state index in [9.17, 15) is 0 Å². The van der Waals surface area contributed by atoms with Crippen LogP contribution < -0.4 is 10.1 Å². The van der Waals surface area contributed by atoms with Crippen molar-refractivity contribution in [1.82, 2.24) is 10.3 Å². The van der Waals surface area contributed by atoms with Crippen molar-refractivity contribution in [1.29, 1.82) is 0 Å². The lowest BCUT2D eigenvalue weighted by Gasteiger charge is -2.22. The van der Waals surface area contributed by atoms with E-state index in [1.54, 1.807) is 0 Å². The van der Waals surface area contributed by atoms with Gasteiger partial charge < -0.3 is 10.1 Å². The number of rotatable bonds is 6. The van der Waals surface area contributed by atoms with Gasteiger partial charge in [0, 0.05) is 18.3 Å². The fraction of sp³-hybridized carbons (Fsp3) is 0.706. The summed E-state index contributed by atoms with van der Waals surface area (Å²) in [5.74, 6) is 1.48. The second kappa shape index (κ2) is 7.63. The molecule has 0 saturated heterocycles. The third-order valence-electron chi connectivity index (χ3n) is 3.71. The quantitative estimate of drug-likeness (QED) is 0.857. The Labute approximate surface area is 123 Å². The zero-order valence-corrected chi connectivity index (χ0v) is 13.1. The molecule has 2 rings (SSSR count). The van der Waals surface area contributed by atoms with Gasteiger partial charge in [-0.15, -0.1) is 0 Å². The van der Waals surface area contributed by atoms with Crippen LogP contribution in [-0.2, 0) is 6.54 Å². The molecule has 20 heavy (non-hydrogen) atoms. The van der Waals surface area contributed by atoms with Crippen LogP contribution in [0, 0.1) is 12.8 Å². The molecule has 1 aromatic rings. The summed E-state index contributed by atoms with van der Waals surface area (Å²) in [7, 11) is 0. The SMILES string of the molecule is Cc1cc(CNCC(C)C)cc(OC2CCCCC2)n1. The predicted molar refractivity (Wildman–Crippen MR) is 83.0 cm³/mol. The van der Waals surface area contributed by atoms with Crippen molar-refractivity contribution in [3.05, 3.63) is 23.4 Å². The van der Waals surface area contributed by atoms with Crippen molar-refractivity contribution in [3.63, 3.8) is 0 Å². The van der Waals surface area contributed by atoms with Crippen LogP contribution in [0.15, 0.2) is 12.1 Å². The maximum atomic E-state index is 6.07. The molecule has 0 aromatic carbocycles. The van der Waals surface area contributed by atoms with Crippen molar-refractivity contribution < 1.29 is 4.74 Å². The Bertz CT molecular complexity index is 411. The van der Waals surface area contributed by atoms with Gasteiger partial charge in [0.1, 0.15) is 6.10 Å². The highest BCUT2D eigenvalue weighted by molar-refractivity contribution is 5.24. The van der Waals surface area contributed by atoms with E-state index in [2.05, 4.69) is 36.3 Å². The molecule has 3 heteroatoms. The van der Waals surface area contributed by atoms with Gasteiger partial charge in [-0.25, -0.2) is 4.98 Å². The van der Waals surface area contributed by atoms with Crippen LogP contribution >= 0.6 is 0 Å². The van der Waals surface area contributed by atoms with Gasteiger partial charge in [-0.2, -0.15) is 0 Å². The van der Waals surface area contributed by atoms with E-state index in [0.29, 0.717) is 12.0 Å². The molecule has 0 bridgehead atoms. The van der Waals surface area contributed by atoms with Gasteiger partial charge in [-0.05, 0) is 56.7 Å². The summed E-state index contributed by atoms with van der Waals surface area (Å²) < 4.78 is 6.07. The van der Waals surface area contributed by atoms with Crippen molar-refractivity contribution >= 4 is 0 Å². The molecule has 0 unspecified atom stereocenters. The molecule has 0 atom stereocenters. The largest absolute Gasteiger partial charge is 0.474 e. The molecule has 1 N–H and O–H groups in total. The Kier molecular flexibility index (Phi) is 5.84. The molecule has 1 aromatic heterocycles. The van der Waals surface area contributed by atoms with Crippen LogP contribution in [0.3, 0.4) is 0 Å². The molecule has 112 valence electrons. The monoisotopic (exact) mass is 276 g/mol. The molecule has 1 saturated carbocycles. The normalized spacial score (nSPS) is 16.6. The van der Waals surface area contributed by atoms with E-state index < -0.39 is 0 Å². The highest BCUT2D eigenvalue weighted by atomic mass is 16.5. The molecule has 3 nitrogen and oxygen atoms in total. The van der Waals surface area contributed by atoms with E-state index >= 15 is 0 Å². The summed E-state index contributed by atoms with van der Waals surface area (Å²) in [5, 5.41) is 3.48. The minimum absolute atomic E-state index is 0.370. The Hall–Kier alpha value is -1.09. The van der Waals surface area contributed by atoms with Crippen LogP contribution in [0.2, 0.25) is 0 Å². The second-order valence-electron chi connectivity index (χ2n) is 6.36. The van der Waals surface area contributed by atoms with Gasteiger partial charge >= 0.3 is 0 Å². The van der Waals surface area contributed by atoms with Gasteiger partial charge in [-0.3, -0.25) is 0 Å². The fourth-order valence-electron chi connectivity index (χ4n) is 2.73. The average molecular weight is 276 g/mol. The first-order chi connectivity index (χ1) is 9.63. The van der Waals surface area contributed by atoms with Gasteiger partial charge in [0.2, 0.25) is 5.88 Å². The maximum absolute atomic E-state index is 6.07. The lowest BCUT2D eigenvalue weighted by Crippen LogP contribution is -2.21. The number of pyridine rings is 1. The van der Waals surface area contributed by atoms with Crippen molar-refractivity contribution in [3.8, 4) is 5.88 Å². The summed E-state index contributed by atoms with van der Waals surface area (Å²) in [4.78, 5) is 4.52. The third kappa shape index (κ3) is 5.12. The van der Waals surface area contributed by atoms with Crippen molar-refractivity contribution in [2.24, 2.45) is 5.92 Å². The summed E-state index contributed by atoms with van der Waals surface area (Å²) >= 11 is 0. The zero-order valence-electron chi connectivity index (χ0n) is 13.1. The summed E-state index contributed by atoms with van der Waals surface area (Å²) in [6.45, 7) is 8.42. The summed E-state index contributed by atoms with van der Waals surface area (Å²) in [6.07, 6.45) is 6.66. The van der Waals surface area contributed by atoms with Gasteiger partial charge in [-0.1, -0.05) is 20.3 Å². The van der Waals surface area contributed by atoms with Crippen LogP contribution in [0.1, 0.15) is 57.2 Å². The van der Waals surface area contributed by atoms with Crippen LogP contribution in [0.4, 0.5) is 0 Å². The van der Waals surface area contributed by atoms with E-state index in [0.717, 1.165) is 24.7 Å². The zero-order chi connectivity index (χ0) is 14.4. The number of aromatic nitrogens is 1. The summed E-state index contributed by atoms with van der Waals surface area (Å²) in [6, 6.07) is 4.23. The number of hydrogen-bond donors (Lipinski definition) is 1. The molecule has 0 amide bonds. The first-order valence-electron chi connectivity index (χ1n) is 7.98. The minimum atomic E-state index is 0.370. The van der Waals surface area contributed by atoms with Crippen LogP contribution in [0.25, 0.3) is 0 Å². The first-order valence-corrected chi connectivity index (χ1v) is 7.98. The third-order valence-corrected chi connectivity index (χ3v) is 3.71. The maximum Gasteiger partial charge on any atom is 0.214 e. The Morgan fingerprint density at radius 1 is 1.25 bits per heavy atom. The van der Waals surface area contributed by atoms with Gasteiger partial charge in [0.25, 0.3) is 0 Å². The Morgan fingerprint density at radius 3 is 2.70 bits per heavy atom. The molecule has 1 aliphatic carbocycles. The number of aryl methyl sites for hydroxylation is 1. The Morgan fingerprint density at radius 2 is 2.00 bits per heavy atom. The first kappa shape index (κ1) is 15.3. The molecule has 1 aliphatic rings. The van der Waals surface area contributed by atoms with Crippen molar-refractivity contribution in [2.45, 2.75) is 65.5 Å². The minimum Gasteiger partial charge on any atom is -0.474 e. The highest BCUT2D eigenvalue weighted by Crippen LogP contribution is 2.23. The smallest absolute Gasteiger partial charge is 0.214 e. The molecular weight excluding hydrogens is 248 g/mol. The number of nitrogens with zero attached hydrogens (tertiary/aromatic N) is 1. The summed E-state index contributed by atoms with van der Waals surface area (Å²) in [5.41, 5.74) is 2.31. The predicted octanol–water partition coefficient (Wildman–Crippen LogP) is 3.85. The fourth-order valence-corrected chi connectivity index (χ4v) is 2.73. The van der Waals surface area contributed by atoms with E-state index in [-0.39, 0.29) is 0 Å². The van der Waals surface area contributed by atoms with Gasteiger partial charge in [0.15, 0.2) is 0 Å². The standard InChI is InChI=1S/C17H28N2O/c1-13(2)11-18-12-15-9-14(3)19-17(10-15)20-16-7-5-4-6-8-16/h9-10,13,16,18H,4-8,11-12H2,1-3H3. The molecular formula is C17H28N2O. The Balaban J connectivity index is 1.93. The number of ether oxygens (including phenoxy) is 1. The van der Waals surface area contributed by atoms with E-state index in [1.807, 2.05) is 6.92 Å². The van der Waals surface area contributed by atoms with E-state index in [4.69, 9.17) is 4.74 Å². The lowest BCUT2D eigenvalue weighted by molar-refractivity contribution is 0.148. The number of nitrogens with one attached hydrogen (secondary N) is 1. The number of hydrogen-bond acceptors (Lipinski definition) is 3. The van der Waals surface area contributed by atoms with Gasteiger partial charge in [0.05, 0.1) is 0 Å². The second-order valence-corrected chi connectivity index (χ2v) is 6.36. The molecule has 0 radical (unpaired) electrons. The highest BCUT2D eigenvalue weighted by Gasteiger charge is 2.15. The van der Waals surface area contributed by atoms with Crippen molar-refractivity contribution in [2.75, 3.05) is 6.54 Å². The molecule has 1 heterocycles. The topological polar surface area (TPSA) is 34.1 Å². The molecule has 0 spiro atoms. The molecule has 0 aliphatic heterocycles. The average Bonchev–Trinajstić information content (AvgIpc) is 2.38. The van der Waals surface area contributed by atoms with Crippen LogP contribution in [-0.4, -0.2) is 17.6 Å². The van der Waals surface area contributed by atoms with E-state index in [1.165, 1.54) is 37.7 Å².